The van der Waals surface area contributed by atoms with E-state index in [1.807, 2.05) is 4.90 Å². The van der Waals surface area contributed by atoms with Crippen molar-refractivity contribution >= 4 is 11.6 Å². The second-order valence-corrected chi connectivity index (χ2v) is 4.55. The van der Waals surface area contributed by atoms with Crippen molar-refractivity contribution in [1.82, 2.24) is 9.80 Å². The summed E-state index contributed by atoms with van der Waals surface area (Å²) in [6.45, 7) is 3.28. The molecule has 0 aromatic heterocycles. The van der Waals surface area contributed by atoms with Crippen LogP contribution in [0, 0.1) is 0 Å². The first-order valence-electron chi connectivity index (χ1n) is 6.03. The minimum Gasteiger partial charge on any atom is -0.497 e. The number of carbonyl (C=O) groups excluding carboxylic acids is 1. The Labute approximate surface area is 107 Å². The molecular weight excluding hydrogens is 230 g/mol. The third kappa shape index (κ3) is 2.56. The topological polar surface area (TPSA) is 58.8 Å². The minimum atomic E-state index is -0.0144. The Morgan fingerprint density at radius 3 is 2.56 bits per heavy atom. The van der Waals surface area contributed by atoms with Gasteiger partial charge in [0.1, 0.15) is 5.75 Å². The summed E-state index contributed by atoms with van der Waals surface area (Å²) in [5.74, 6) is 0.640. The molecular formula is C13H19N3O2. The van der Waals surface area contributed by atoms with E-state index < -0.39 is 0 Å². The lowest BCUT2D eigenvalue weighted by molar-refractivity contribution is 0.0665. The van der Waals surface area contributed by atoms with Crippen LogP contribution >= 0.6 is 0 Å². The van der Waals surface area contributed by atoms with Gasteiger partial charge >= 0.3 is 0 Å². The quantitative estimate of drug-likeness (QED) is 0.782. The average molecular weight is 249 g/mol. The molecule has 1 saturated heterocycles. The van der Waals surface area contributed by atoms with E-state index in [4.69, 9.17) is 10.5 Å². The zero-order valence-electron chi connectivity index (χ0n) is 10.8. The van der Waals surface area contributed by atoms with E-state index >= 15 is 0 Å². The predicted molar refractivity (Wildman–Crippen MR) is 70.8 cm³/mol. The Kier molecular flexibility index (Phi) is 3.72. The average Bonchev–Trinajstić information content (AvgIpc) is 2.39. The van der Waals surface area contributed by atoms with E-state index in [0.717, 1.165) is 26.2 Å². The number of methoxy groups -OCH3 is 1. The van der Waals surface area contributed by atoms with Crippen molar-refractivity contribution in [3.05, 3.63) is 23.8 Å². The van der Waals surface area contributed by atoms with Gasteiger partial charge < -0.3 is 20.3 Å². The van der Waals surface area contributed by atoms with Gasteiger partial charge in [-0.2, -0.15) is 0 Å². The van der Waals surface area contributed by atoms with Crippen LogP contribution in [-0.2, 0) is 0 Å². The molecule has 0 spiro atoms. The van der Waals surface area contributed by atoms with Crippen LogP contribution in [-0.4, -0.2) is 56.0 Å². The Balaban J connectivity index is 2.17. The molecule has 0 bridgehead atoms. The molecule has 98 valence electrons. The number of anilines is 1. The SMILES string of the molecule is COc1ccc(N)c(C(=O)N2CCN(C)CC2)c1. The maximum absolute atomic E-state index is 12.4. The second-order valence-electron chi connectivity index (χ2n) is 4.55. The van der Waals surface area contributed by atoms with E-state index in [-0.39, 0.29) is 5.91 Å². The maximum Gasteiger partial charge on any atom is 0.256 e. The van der Waals surface area contributed by atoms with Crippen molar-refractivity contribution in [3.63, 3.8) is 0 Å². The summed E-state index contributed by atoms with van der Waals surface area (Å²) in [5.41, 5.74) is 6.89. The smallest absolute Gasteiger partial charge is 0.256 e. The number of nitrogens with zero attached hydrogens (tertiary/aromatic N) is 2. The lowest BCUT2D eigenvalue weighted by Gasteiger charge is -2.32. The number of likely N-dealkylation sites (N-methyl/N-ethyl adjacent to an activating group) is 1. The Morgan fingerprint density at radius 2 is 1.94 bits per heavy atom. The van der Waals surface area contributed by atoms with Gasteiger partial charge in [-0.15, -0.1) is 0 Å². The van der Waals surface area contributed by atoms with E-state index in [2.05, 4.69) is 11.9 Å². The standard InChI is InChI=1S/C13H19N3O2/c1-15-5-7-16(8-6-15)13(17)11-9-10(18-2)3-4-12(11)14/h3-4,9H,5-8,14H2,1-2H3. The summed E-state index contributed by atoms with van der Waals surface area (Å²) in [7, 11) is 3.64. The number of nitrogen functional groups attached to an aromatic ring is 1. The van der Waals surface area contributed by atoms with Crippen molar-refractivity contribution in [1.29, 1.82) is 0 Å². The van der Waals surface area contributed by atoms with Gasteiger partial charge in [-0.3, -0.25) is 4.79 Å². The molecule has 1 aromatic carbocycles. The molecule has 2 rings (SSSR count). The van der Waals surface area contributed by atoms with Gasteiger partial charge in [-0.25, -0.2) is 0 Å². The summed E-state index contributed by atoms with van der Waals surface area (Å²) >= 11 is 0. The highest BCUT2D eigenvalue weighted by Crippen LogP contribution is 2.21. The second kappa shape index (κ2) is 5.27. The first-order chi connectivity index (χ1) is 8.61. The molecule has 0 unspecified atom stereocenters. The normalized spacial score (nSPS) is 16.7. The van der Waals surface area contributed by atoms with E-state index in [1.165, 1.54) is 0 Å². The molecule has 0 atom stereocenters. The highest BCUT2D eigenvalue weighted by Gasteiger charge is 2.22. The Bertz CT molecular complexity index is 440. The molecule has 1 aliphatic heterocycles. The fourth-order valence-corrected chi connectivity index (χ4v) is 2.03. The van der Waals surface area contributed by atoms with Crippen LogP contribution in [0.15, 0.2) is 18.2 Å². The molecule has 5 heteroatoms. The van der Waals surface area contributed by atoms with E-state index in [1.54, 1.807) is 25.3 Å². The number of piperazine rings is 1. The highest BCUT2D eigenvalue weighted by atomic mass is 16.5. The van der Waals surface area contributed by atoms with Crippen molar-refractivity contribution in [2.24, 2.45) is 0 Å². The molecule has 1 amide bonds. The number of hydrogen-bond donors (Lipinski definition) is 1. The van der Waals surface area contributed by atoms with Crippen LogP contribution in [0.1, 0.15) is 10.4 Å². The first-order valence-corrected chi connectivity index (χ1v) is 6.03. The molecule has 0 saturated carbocycles. The number of hydrogen-bond acceptors (Lipinski definition) is 4. The molecule has 0 radical (unpaired) electrons. The van der Waals surface area contributed by atoms with E-state index in [0.29, 0.717) is 17.0 Å². The third-order valence-corrected chi connectivity index (χ3v) is 3.28. The Hall–Kier alpha value is -1.75. The van der Waals surface area contributed by atoms with E-state index in [9.17, 15) is 4.79 Å². The van der Waals surface area contributed by atoms with Crippen molar-refractivity contribution < 1.29 is 9.53 Å². The van der Waals surface area contributed by atoms with Crippen LogP contribution in [0.25, 0.3) is 0 Å². The fourth-order valence-electron chi connectivity index (χ4n) is 2.03. The van der Waals surface area contributed by atoms with Crippen molar-refractivity contribution in [2.75, 3.05) is 46.1 Å². The van der Waals surface area contributed by atoms with Crippen LogP contribution in [0.5, 0.6) is 5.75 Å². The number of benzene rings is 1. The molecule has 1 fully saturated rings. The molecule has 1 aromatic rings. The van der Waals surface area contributed by atoms with Gasteiger partial charge in [0.15, 0.2) is 0 Å². The first kappa shape index (κ1) is 12.7. The van der Waals surface area contributed by atoms with Gasteiger partial charge in [0, 0.05) is 31.9 Å². The minimum absolute atomic E-state index is 0.0144. The van der Waals surface area contributed by atoms with Gasteiger partial charge in [-0.1, -0.05) is 0 Å². The largest absolute Gasteiger partial charge is 0.497 e. The number of amides is 1. The third-order valence-electron chi connectivity index (χ3n) is 3.28. The molecule has 18 heavy (non-hydrogen) atoms. The Morgan fingerprint density at radius 1 is 1.28 bits per heavy atom. The van der Waals surface area contributed by atoms with Gasteiger partial charge in [0.05, 0.1) is 12.7 Å². The molecule has 5 nitrogen and oxygen atoms in total. The predicted octanol–water partition coefficient (Wildman–Crippen LogP) is 0.665. The lowest BCUT2D eigenvalue weighted by Crippen LogP contribution is -2.47. The van der Waals surface area contributed by atoms with Gasteiger partial charge in [0.25, 0.3) is 5.91 Å². The number of ether oxygens (including phenoxy) is 1. The zero-order valence-corrected chi connectivity index (χ0v) is 10.8. The van der Waals surface area contributed by atoms with Crippen LogP contribution in [0.2, 0.25) is 0 Å². The maximum atomic E-state index is 12.4. The monoisotopic (exact) mass is 249 g/mol. The molecule has 2 N–H and O–H groups in total. The molecule has 1 heterocycles. The summed E-state index contributed by atoms with van der Waals surface area (Å²) in [6.07, 6.45) is 0. The number of rotatable bonds is 2. The zero-order chi connectivity index (χ0) is 13.1. The van der Waals surface area contributed by atoms with Gasteiger partial charge in [0.2, 0.25) is 0 Å². The van der Waals surface area contributed by atoms with Crippen molar-refractivity contribution in [3.8, 4) is 5.75 Å². The van der Waals surface area contributed by atoms with Crippen LogP contribution in [0.3, 0.4) is 0 Å². The summed E-state index contributed by atoms with van der Waals surface area (Å²) in [5, 5.41) is 0. The summed E-state index contributed by atoms with van der Waals surface area (Å²) in [6, 6.07) is 5.17. The van der Waals surface area contributed by atoms with Crippen LogP contribution in [0.4, 0.5) is 5.69 Å². The van der Waals surface area contributed by atoms with Gasteiger partial charge in [-0.05, 0) is 25.2 Å². The summed E-state index contributed by atoms with van der Waals surface area (Å²) in [4.78, 5) is 16.4. The number of carbonyl (C=O) groups is 1. The summed E-state index contributed by atoms with van der Waals surface area (Å²) < 4.78 is 5.13. The van der Waals surface area contributed by atoms with Crippen LogP contribution < -0.4 is 10.5 Å². The fraction of sp³-hybridized carbons (Fsp3) is 0.462. The lowest BCUT2D eigenvalue weighted by atomic mass is 10.1. The van der Waals surface area contributed by atoms with Crippen molar-refractivity contribution in [2.45, 2.75) is 0 Å². The highest BCUT2D eigenvalue weighted by molar-refractivity contribution is 5.99. The molecule has 0 aliphatic carbocycles. The molecule has 1 aliphatic rings. The number of nitrogens with two attached hydrogens (primary N) is 1.